The number of alkyl halides is 2. The van der Waals surface area contributed by atoms with Gasteiger partial charge in [0.2, 0.25) is 0 Å². The van der Waals surface area contributed by atoms with Gasteiger partial charge in [0.1, 0.15) is 11.5 Å². The van der Waals surface area contributed by atoms with Crippen LogP contribution in [0.15, 0.2) is 16.5 Å². The first-order valence-corrected chi connectivity index (χ1v) is 6.05. The quantitative estimate of drug-likeness (QED) is 0.852. The van der Waals surface area contributed by atoms with Crippen LogP contribution in [0.1, 0.15) is 32.3 Å². The van der Waals surface area contributed by atoms with Gasteiger partial charge in [-0.25, -0.2) is 8.78 Å². The number of nitrogens with zero attached hydrogens (tertiary/aromatic N) is 1. The first-order valence-electron chi connectivity index (χ1n) is 6.05. The molecule has 0 saturated carbocycles. The molecule has 0 bridgehead atoms. The van der Waals surface area contributed by atoms with Crippen LogP contribution < -0.4 is 5.32 Å². The van der Waals surface area contributed by atoms with Gasteiger partial charge >= 0.3 is 0 Å². The molecule has 1 aromatic rings. The fourth-order valence-electron chi connectivity index (χ4n) is 1.52. The number of nitrogens with one attached hydrogen (secondary N) is 1. The van der Waals surface area contributed by atoms with Crippen molar-refractivity contribution in [3.63, 3.8) is 0 Å². The molecule has 0 aliphatic carbocycles. The standard InChI is InChI=1S/C13H22F2N2O/c1-13(2,3)16-7-10-5-6-11(18-10)8-17(4)9-12(14)15/h5-6,12,16H,7-9H2,1-4H3. The summed E-state index contributed by atoms with van der Waals surface area (Å²) in [7, 11) is 1.65. The summed E-state index contributed by atoms with van der Waals surface area (Å²) in [6, 6.07) is 3.71. The summed E-state index contributed by atoms with van der Waals surface area (Å²) in [5, 5.41) is 3.31. The average Bonchev–Trinajstić information content (AvgIpc) is 2.60. The molecule has 104 valence electrons. The van der Waals surface area contributed by atoms with E-state index in [1.807, 2.05) is 12.1 Å². The second-order valence-electron chi connectivity index (χ2n) is 5.56. The van der Waals surface area contributed by atoms with E-state index in [9.17, 15) is 8.78 Å². The third kappa shape index (κ3) is 6.12. The lowest BCUT2D eigenvalue weighted by Crippen LogP contribution is -2.34. The van der Waals surface area contributed by atoms with Crippen molar-refractivity contribution in [1.82, 2.24) is 10.2 Å². The molecule has 1 aromatic heterocycles. The van der Waals surface area contributed by atoms with Gasteiger partial charge in [-0.05, 0) is 40.0 Å². The molecule has 0 atom stereocenters. The van der Waals surface area contributed by atoms with E-state index >= 15 is 0 Å². The van der Waals surface area contributed by atoms with Gasteiger partial charge in [0.15, 0.2) is 0 Å². The number of halogens is 2. The number of rotatable bonds is 6. The second-order valence-corrected chi connectivity index (χ2v) is 5.56. The molecule has 0 saturated heterocycles. The Labute approximate surface area is 107 Å². The van der Waals surface area contributed by atoms with Crippen LogP contribution in [0.5, 0.6) is 0 Å². The van der Waals surface area contributed by atoms with Crippen molar-refractivity contribution in [2.24, 2.45) is 0 Å². The molecule has 3 nitrogen and oxygen atoms in total. The average molecular weight is 260 g/mol. The fourth-order valence-corrected chi connectivity index (χ4v) is 1.52. The number of hydrogen-bond donors (Lipinski definition) is 1. The molecule has 0 aliphatic heterocycles. The molecule has 0 aromatic carbocycles. The van der Waals surface area contributed by atoms with E-state index in [-0.39, 0.29) is 12.1 Å². The van der Waals surface area contributed by atoms with E-state index in [1.165, 1.54) is 0 Å². The first kappa shape index (κ1) is 15.1. The van der Waals surface area contributed by atoms with E-state index in [0.717, 1.165) is 5.76 Å². The Morgan fingerprint density at radius 2 is 1.89 bits per heavy atom. The van der Waals surface area contributed by atoms with Gasteiger partial charge in [-0.3, -0.25) is 4.90 Å². The van der Waals surface area contributed by atoms with Crippen molar-refractivity contribution in [3.05, 3.63) is 23.7 Å². The SMILES string of the molecule is CN(Cc1ccc(CNC(C)(C)C)o1)CC(F)F. The predicted octanol–water partition coefficient (Wildman–Crippen LogP) is 2.86. The summed E-state index contributed by atoms with van der Waals surface area (Å²) in [5.74, 6) is 1.54. The third-order valence-corrected chi connectivity index (χ3v) is 2.39. The molecular formula is C13H22F2N2O. The zero-order valence-corrected chi connectivity index (χ0v) is 11.5. The van der Waals surface area contributed by atoms with Gasteiger partial charge in [-0.2, -0.15) is 0 Å². The monoisotopic (exact) mass is 260 g/mol. The minimum absolute atomic E-state index is 0.0272. The van der Waals surface area contributed by atoms with Gasteiger partial charge in [0, 0.05) is 5.54 Å². The van der Waals surface area contributed by atoms with Crippen molar-refractivity contribution in [2.45, 2.75) is 45.8 Å². The highest BCUT2D eigenvalue weighted by atomic mass is 19.3. The molecule has 1 N–H and O–H groups in total. The minimum atomic E-state index is -2.31. The summed E-state index contributed by atoms with van der Waals surface area (Å²) < 4.78 is 29.9. The molecule has 18 heavy (non-hydrogen) atoms. The van der Waals surface area contributed by atoms with Crippen LogP contribution in [0.3, 0.4) is 0 Å². The lowest BCUT2D eigenvalue weighted by molar-refractivity contribution is 0.0944. The van der Waals surface area contributed by atoms with E-state index in [4.69, 9.17) is 4.42 Å². The fraction of sp³-hybridized carbons (Fsp3) is 0.692. The molecule has 0 radical (unpaired) electrons. The summed E-state index contributed by atoms with van der Waals surface area (Å²) in [6.45, 7) is 7.03. The maximum Gasteiger partial charge on any atom is 0.251 e. The van der Waals surface area contributed by atoms with E-state index < -0.39 is 6.43 Å². The molecule has 5 heteroatoms. The zero-order valence-electron chi connectivity index (χ0n) is 11.5. The van der Waals surface area contributed by atoms with Gasteiger partial charge in [-0.1, -0.05) is 0 Å². The van der Waals surface area contributed by atoms with E-state index in [2.05, 4.69) is 26.1 Å². The maximum atomic E-state index is 12.2. The lowest BCUT2D eigenvalue weighted by atomic mass is 10.1. The summed E-state index contributed by atoms with van der Waals surface area (Å²) >= 11 is 0. The van der Waals surface area contributed by atoms with Crippen LogP contribution in [-0.2, 0) is 13.1 Å². The molecule has 0 amide bonds. The summed E-state index contributed by atoms with van der Waals surface area (Å²) in [5.41, 5.74) is 0.0272. The first-order chi connectivity index (χ1) is 8.26. The molecule has 0 spiro atoms. The number of hydrogen-bond acceptors (Lipinski definition) is 3. The Balaban J connectivity index is 2.43. The van der Waals surface area contributed by atoms with Crippen molar-refractivity contribution in [3.8, 4) is 0 Å². The Morgan fingerprint density at radius 3 is 2.44 bits per heavy atom. The van der Waals surface area contributed by atoms with Gasteiger partial charge in [0.25, 0.3) is 6.43 Å². The van der Waals surface area contributed by atoms with Gasteiger partial charge < -0.3 is 9.73 Å². The van der Waals surface area contributed by atoms with Crippen LogP contribution >= 0.6 is 0 Å². The van der Waals surface area contributed by atoms with Crippen LogP contribution in [0.25, 0.3) is 0 Å². The third-order valence-electron chi connectivity index (χ3n) is 2.39. The smallest absolute Gasteiger partial charge is 0.251 e. The van der Waals surface area contributed by atoms with Crippen LogP contribution in [0.2, 0.25) is 0 Å². The van der Waals surface area contributed by atoms with Gasteiger partial charge in [0.05, 0.1) is 19.6 Å². The molecule has 1 rings (SSSR count). The Hall–Kier alpha value is -0.940. The van der Waals surface area contributed by atoms with Crippen LogP contribution in [-0.4, -0.2) is 30.5 Å². The van der Waals surface area contributed by atoms with E-state index in [1.54, 1.807) is 11.9 Å². The Kier molecular flexibility index (Phi) is 5.28. The normalized spacial score (nSPS) is 12.7. The highest BCUT2D eigenvalue weighted by Gasteiger charge is 2.12. The lowest BCUT2D eigenvalue weighted by Gasteiger charge is -2.19. The van der Waals surface area contributed by atoms with Crippen molar-refractivity contribution in [1.29, 1.82) is 0 Å². The van der Waals surface area contributed by atoms with E-state index in [0.29, 0.717) is 18.8 Å². The van der Waals surface area contributed by atoms with Crippen LogP contribution in [0.4, 0.5) is 8.78 Å². The zero-order chi connectivity index (χ0) is 13.8. The van der Waals surface area contributed by atoms with Crippen molar-refractivity contribution < 1.29 is 13.2 Å². The second kappa shape index (κ2) is 6.29. The Morgan fingerprint density at radius 1 is 1.28 bits per heavy atom. The molecule has 0 fully saturated rings. The molecule has 0 unspecified atom stereocenters. The molecular weight excluding hydrogens is 238 g/mol. The number of furan rings is 1. The predicted molar refractivity (Wildman–Crippen MR) is 67.6 cm³/mol. The summed E-state index contributed by atoms with van der Waals surface area (Å²) in [4.78, 5) is 1.55. The molecule has 1 heterocycles. The highest BCUT2D eigenvalue weighted by molar-refractivity contribution is 5.07. The maximum absolute atomic E-state index is 12.2. The summed E-state index contributed by atoms with van der Waals surface area (Å²) in [6.07, 6.45) is -2.31. The topological polar surface area (TPSA) is 28.4 Å². The van der Waals surface area contributed by atoms with Crippen molar-refractivity contribution >= 4 is 0 Å². The minimum Gasteiger partial charge on any atom is -0.463 e. The van der Waals surface area contributed by atoms with Crippen molar-refractivity contribution in [2.75, 3.05) is 13.6 Å². The Bertz CT molecular complexity index is 358. The van der Waals surface area contributed by atoms with Crippen LogP contribution in [0, 0.1) is 0 Å². The highest BCUT2D eigenvalue weighted by Crippen LogP contribution is 2.12. The molecule has 0 aliphatic rings. The van der Waals surface area contributed by atoms with Gasteiger partial charge in [-0.15, -0.1) is 0 Å². The largest absolute Gasteiger partial charge is 0.463 e.